The van der Waals surface area contributed by atoms with Crippen molar-refractivity contribution in [2.75, 3.05) is 0 Å². The van der Waals surface area contributed by atoms with Crippen LogP contribution < -0.4 is 5.43 Å². The summed E-state index contributed by atoms with van der Waals surface area (Å²) in [5.74, 6) is -0.722. The Hall–Kier alpha value is -3.67. The van der Waals surface area contributed by atoms with E-state index in [1.807, 2.05) is 6.92 Å². The van der Waals surface area contributed by atoms with Gasteiger partial charge < -0.3 is 13.9 Å². The minimum atomic E-state index is -0.528. The van der Waals surface area contributed by atoms with Gasteiger partial charge in [-0.2, -0.15) is 0 Å². The molecule has 0 radical (unpaired) electrons. The number of ether oxygens (including phenoxy) is 2. The second-order valence-corrected chi connectivity index (χ2v) is 6.11. The zero-order valence-electron chi connectivity index (χ0n) is 15.2. The fourth-order valence-electron chi connectivity index (χ4n) is 2.43. The number of aryl methyl sites for hydroxylation is 1. The highest BCUT2D eigenvalue weighted by Crippen LogP contribution is 2.10. The van der Waals surface area contributed by atoms with E-state index in [0.717, 1.165) is 5.56 Å². The van der Waals surface area contributed by atoms with Gasteiger partial charge in [0.2, 0.25) is 0 Å². The quantitative estimate of drug-likeness (QED) is 0.609. The molecule has 3 rings (SSSR count). The fraction of sp³-hybridized carbons (Fsp3) is 0.136. The van der Waals surface area contributed by atoms with E-state index in [1.165, 1.54) is 12.1 Å². The lowest BCUT2D eigenvalue weighted by molar-refractivity contribution is 0.0409. The molecule has 3 aromatic rings. The molecule has 0 aliphatic heterocycles. The number of esters is 2. The lowest BCUT2D eigenvalue weighted by Gasteiger charge is -2.07. The topological polar surface area (TPSA) is 82.8 Å². The molecule has 0 atom stereocenters. The highest BCUT2D eigenvalue weighted by Gasteiger charge is 2.11. The Morgan fingerprint density at radius 1 is 0.786 bits per heavy atom. The average Bonchev–Trinajstić information content (AvgIpc) is 2.71. The van der Waals surface area contributed by atoms with E-state index in [2.05, 4.69) is 0 Å². The van der Waals surface area contributed by atoms with E-state index in [0.29, 0.717) is 11.1 Å². The van der Waals surface area contributed by atoms with Gasteiger partial charge in [0, 0.05) is 12.1 Å². The third kappa shape index (κ3) is 5.17. The van der Waals surface area contributed by atoms with Crippen molar-refractivity contribution in [3.05, 3.63) is 105 Å². The van der Waals surface area contributed by atoms with Gasteiger partial charge in [-0.05, 0) is 31.2 Å². The molecular weight excluding hydrogens is 360 g/mol. The molecule has 0 saturated carbocycles. The minimum Gasteiger partial charge on any atom is -0.459 e. The molecule has 142 valence electrons. The molecule has 1 aromatic heterocycles. The third-order valence-corrected chi connectivity index (χ3v) is 3.86. The average molecular weight is 378 g/mol. The molecule has 2 aromatic carbocycles. The van der Waals surface area contributed by atoms with Gasteiger partial charge in [-0.25, -0.2) is 9.59 Å². The second kappa shape index (κ2) is 8.81. The number of benzene rings is 2. The normalized spacial score (nSPS) is 10.3. The van der Waals surface area contributed by atoms with Crippen LogP contribution in [0.4, 0.5) is 0 Å². The van der Waals surface area contributed by atoms with Crippen LogP contribution in [0.15, 0.2) is 75.9 Å². The van der Waals surface area contributed by atoms with E-state index < -0.39 is 11.9 Å². The summed E-state index contributed by atoms with van der Waals surface area (Å²) in [5.41, 5.74) is 1.49. The first-order chi connectivity index (χ1) is 13.5. The van der Waals surface area contributed by atoms with Gasteiger partial charge in [0.05, 0.1) is 11.1 Å². The predicted molar refractivity (Wildman–Crippen MR) is 101 cm³/mol. The summed E-state index contributed by atoms with van der Waals surface area (Å²) >= 11 is 0. The van der Waals surface area contributed by atoms with Crippen LogP contribution in [-0.2, 0) is 22.7 Å². The number of carbonyl (C=O) groups excluding carboxylic acids is 2. The third-order valence-electron chi connectivity index (χ3n) is 3.86. The van der Waals surface area contributed by atoms with Crippen LogP contribution >= 0.6 is 0 Å². The van der Waals surface area contributed by atoms with Crippen LogP contribution in [0.1, 0.15) is 37.8 Å². The SMILES string of the molecule is Cc1ccc(C(=O)OCc2cc(=O)cc(COC(=O)c3ccccc3)o2)cc1. The lowest BCUT2D eigenvalue weighted by Crippen LogP contribution is -2.10. The van der Waals surface area contributed by atoms with Crippen molar-refractivity contribution in [3.63, 3.8) is 0 Å². The first kappa shape index (κ1) is 19.1. The van der Waals surface area contributed by atoms with Crippen molar-refractivity contribution in [1.82, 2.24) is 0 Å². The van der Waals surface area contributed by atoms with Crippen molar-refractivity contribution in [1.29, 1.82) is 0 Å². The molecule has 0 aliphatic rings. The minimum absolute atomic E-state index is 0.165. The van der Waals surface area contributed by atoms with Gasteiger partial charge in [-0.3, -0.25) is 4.79 Å². The maximum absolute atomic E-state index is 12.1. The Labute approximate surface area is 161 Å². The van der Waals surface area contributed by atoms with Crippen LogP contribution in [-0.4, -0.2) is 11.9 Å². The van der Waals surface area contributed by atoms with E-state index in [9.17, 15) is 14.4 Å². The zero-order chi connectivity index (χ0) is 19.9. The Kier molecular flexibility index (Phi) is 6.01. The molecule has 0 fully saturated rings. The van der Waals surface area contributed by atoms with Gasteiger partial charge in [0.15, 0.2) is 5.43 Å². The summed E-state index contributed by atoms with van der Waals surface area (Å²) < 4.78 is 15.8. The molecule has 0 spiro atoms. The highest BCUT2D eigenvalue weighted by atomic mass is 16.6. The second-order valence-electron chi connectivity index (χ2n) is 6.11. The van der Waals surface area contributed by atoms with E-state index in [1.54, 1.807) is 54.6 Å². The maximum atomic E-state index is 12.1. The van der Waals surface area contributed by atoms with Gasteiger partial charge in [-0.15, -0.1) is 0 Å². The molecule has 0 bridgehead atoms. The van der Waals surface area contributed by atoms with E-state index in [-0.39, 0.29) is 30.2 Å². The molecule has 6 heteroatoms. The predicted octanol–water partition coefficient (Wildman–Crippen LogP) is 3.66. The Morgan fingerprint density at radius 2 is 1.29 bits per heavy atom. The van der Waals surface area contributed by atoms with Crippen LogP contribution in [0.2, 0.25) is 0 Å². The maximum Gasteiger partial charge on any atom is 0.338 e. The Bertz CT molecular complexity index is 1020. The number of hydrogen-bond donors (Lipinski definition) is 0. The largest absolute Gasteiger partial charge is 0.459 e. The summed E-state index contributed by atoms with van der Waals surface area (Å²) in [6.45, 7) is 1.50. The van der Waals surface area contributed by atoms with Gasteiger partial charge >= 0.3 is 11.9 Å². The monoisotopic (exact) mass is 378 g/mol. The molecule has 0 unspecified atom stereocenters. The summed E-state index contributed by atoms with van der Waals surface area (Å²) in [6.07, 6.45) is 0. The van der Waals surface area contributed by atoms with Gasteiger partial charge in [0.25, 0.3) is 0 Å². The Morgan fingerprint density at radius 3 is 1.82 bits per heavy atom. The van der Waals surface area contributed by atoms with Gasteiger partial charge in [-0.1, -0.05) is 35.9 Å². The zero-order valence-corrected chi connectivity index (χ0v) is 15.2. The number of rotatable bonds is 6. The summed E-state index contributed by atoms with van der Waals surface area (Å²) in [7, 11) is 0. The molecular formula is C22H18O6. The smallest absolute Gasteiger partial charge is 0.338 e. The molecule has 1 heterocycles. The Balaban J connectivity index is 1.61. The van der Waals surface area contributed by atoms with Crippen LogP contribution in [0, 0.1) is 6.92 Å². The molecule has 0 N–H and O–H groups in total. The standard InChI is InChI=1S/C22H18O6/c1-15-7-9-17(10-8-15)22(25)27-14-20-12-18(23)11-19(28-20)13-26-21(24)16-5-3-2-4-6-16/h2-12H,13-14H2,1H3. The molecule has 6 nitrogen and oxygen atoms in total. The van der Waals surface area contributed by atoms with E-state index >= 15 is 0 Å². The summed E-state index contributed by atoms with van der Waals surface area (Å²) in [5, 5.41) is 0. The van der Waals surface area contributed by atoms with Crippen LogP contribution in [0.3, 0.4) is 0 Å². The first-order valence-electron chi connectivity index (χ1n) is 8.60. The number of hydrogen-bond acceptors (Lipinski definition) is 6. The van der Waals surface area contributed by atoms with Gasteiger partial charge in [0.1, 0.15) is 24.7 Å². The first-order valence-corrected chi connectivity index (χ1v) is 8.60. The van der Waals surface area contributed by atoms with E-state index in [4.69, 9.17) is 13.9 Å². The number of carbonyl (C=O) groups is 2. The summed E-state index contributed by atoms with van der Waals surface area (Å²) in [6, 6.07) is 17.9. The van der Waals surface area contributed by atoms with Crippen molar-refractivity contribution in [2.24, 2.45) is 0 Å². The van der Waals surface area contributed by atoms with Crippen LogP contribution in [0.25, 0.3) is 0 Å². The molecule has 0 aliphatic carbocycles. The highest BCUT2D eigenvalue weighted by molar-refractivity contribution is 5.89. The van der Waals surface area contributed by atoms with Crippen molar-refractivity contribution in [2.45, 2.75) is 20.1 Å². The molecule has 0 saturated heterocycles. The summed E-state index contributed by atoms with van der Waals surface area (Å²) in [4.78, 5) is 35.9. The molecule has 28 heavy (non-hydrogen) atoms. The fourth-order valence-corrected chi connectivity index (χ4v) is 2.43. The lowest BCUT2D eigenvalue weighted by atomic mass is 10.1. The molecule has 0 amide bonds. The van der Waals surface area contributed by atoms with Crippen LogP contribution in [0.5, 0.6) is 0 Å². The van der Waals surface area contributed by atoms with Crippen molar-refractivity contribution in [3.8, 4) is 0 Å². The van der Waals surface area contributed by atoms with Crippen molar-refractivity contribution >= 4 is 11.9 Å². The van der Waals surface area contributed by atoms with Crippen molar-refractivity contribution < 1.29 is 23.5 Å².